The molecule has 0 bridgehead atoms. The van der Waals surface area contributed by atoms with Gasteiger partial charge in [0.15, 0.2) is 0 Å². The fourth-order valence-electron chi connectivity index (χ4n) is 1.84. The lowest BCUT2D eigenvalue weighted by Crippen LogP contribution is -2.31. The van der Waals surface area contributed by atoms with Crippen LogP contribution in [0.3, 0.4) is 0 Å². The highest BCUT2D eigenvalue weighted by Gasteiger charge is 2.22. The second-order valence-electron chi connectivity index (χ2n) is 4.50. The Morgan fingerprint density at radius 3 is 2.53 bits per heavy atom. The second kappa shape index (κ2) is 9.02. The smallest absolute Gasteiger partial charge is 0.129 e. The van der Waals surface area contributed by atoms with Crippen molar-refractivity contribution in [1.82, 2.24) is 0 Å². The van der Waals surface area contributed by atoms with Gasteiger partial charge < -0.3 is 15.2 Å². The van der Waals surface area contributed by atoms with Gasteiger partial charge in [-0.2, -0.15) is 0 Å². The summed E-state index contributed by atoms with van der Waals surface area (Å²) < 4.78 is 24.9. The summed E-state index contributed by atoms with van der Waals surface area (Å²) >= 11 is 0. The van der Waals surface area contributed by atoms with Gasteiger partial charge in [0.05, 0.1) is 13.2 Å². The van der Waals surface area contributed by atoms with E-state index in [1.54, 1.807) is 18.2 Å². The normalized spacial score (nSPS) is 14.3. The van der Waals surface area contributed by atoms with Crippen LogP contribution in [-0.4, -0.2) is 25.9 Å². The number of nitrogens with two attached hydrogens (primary N) is 1. The van der Waals surface area contributed by atoms with Gasteiger partial charge in [0, 0.05) is 18.2 Å². The Morgan fingerprint density at radius 1 is 1.16 bits per heavy atom. The molecule has 2 N–H and O–H groups in total. The molecule has 0 spiro atoms. The summed E-state index contributed by atoms with van der Waals surface area (Å²) in [6.07, 6.45) is 1.29. The number of hydrogen-bond acceptors (Lipinski definition) is 3. The highest BCUT2D eigenvalue weighted by molar-refractivity contribution is 5.21. The molecule has 2 atom stereocenters. The van der Waals surface area contributed by atoms with Gasteiger partial charge in [0.25, 0.3) is 0 Å². The summed E-state index contributed by atoms with van der Waals surface area (Å²) in [6, 6.07) is 6.40. The molecule has 1 rings (SSSR count). The van der Waals surface area contributed by atoms with E-state index in [0.717, 1.165) is 12.8 Å². The molecule has 0 fully saturated rings. The molecule has 4 heteroatoms. The molecule has 0 amide bonds. The summed E-state index contributed by atoms with van der Waals surface area (Å²) in [5, 5.41) is 0. The molecule has 1 aromatic rings. The van der Waals surface area contributed by atoms with Crippen LogP contribution in [0.25, 0.3) is 0 Å². The highest BCUT2D eigenvalue weighted by atomic mass is 19.1. The first-order valence-corrected chi connectivity index (χ1v) is 6.90. The van der Waals surface area contributed by atoms with E-state index in [1.807, 2.05) is 6.92 Å². The summed E-state index contributed by atoms with van der Waals surface area (Å²) in [6.45, 7) is 5.67. The van der Waals surface area contributed by atoms with Crippen LogP contribution in [0.5, 0.6) is 0 Å². The predicted octanol–water partition coefficient (Wildman–Crippen LogP) is 3.05. The van der Waals surface area contributed by atoms with Gasteiger partial charge in [-0.3, -0.25) is 0 Å². The number of benzene rings is 1. The molecule has 3 nitrogen and oxygen atoms in total. The summed E-state index contributed by atoms with van der Waals surface area (Å²) in [5.74, 6) is -0.272. The number of rotatable bonds is 9. The van der Waals surface area contributed by atoms with Crippen molar-refractivity contribution in [1.29, 1.82) is 0 Å². The molecule has 0 aliphatic rings. The van der Waals surface area contributed by atoms with E-state index in [2.05, 4.69) is 6.92 Å². The van der Waals surface area contributed by atoms with Crippen LogP contribution in [0.15, 0.2) is 24.3 Å². The number of hydrogen-bond donors (Lipinski definition) is 1. The molecule has 0 saturated carbocycles. The molecule has 0 aliphatic carbocycles. The molecule has 0 heterocycles. The van der Waals surface area contributed by atoms with Crippen molar-refractivity contribution in [3.8, 4) is 0 Å². The standard InChI is InChI=1S/C15H24FNO2/c1-3-9-18-10-11-19-15(14(17)4-2)12-7-5-6-8-13(12)16/h5-8,14-15H,3-4,9-11,17H2,1-2H3. The van der Waals surface area contributed by atoms with Crippen LogP contribution < -0.4 is 5.73 Å². The quantitative estimate of drug-likeness (QED) is 0.701. The van der Waals surface area contributed by atoms with Gasteiger partial charge in [-0.05, 0) is 18.9 Å². The van der Waals surface area contributed by atoms with Crippen molar-refractivity contribution in [2.24, 2.45) is 5.73 Å². The van der Waals surface area contributed by atoms with Crippen molar-refractivity contribution >= 4 is 0 Å². The van der Waals surface area contributed by atoms with Crippen molar-refractivity contribution in [3.05, 3.63) is 35.6 Å². The fraction of sp³-hybridized carbons (Fsp3) is 0.600. The third kappa shape index (κ3) is 5.27. The van der Waals surface area contributed by atoms with E-state index in [9.17, 15) is 4.39 Å². The van der Waals surface area contributed by atoms with E-state index in [1.165, 1.54) is 6.07 Å². The third-order valence-electron chi connectivity index (χ3n) is 2.95. The first kappa shape index (κ1) is 16.1. The molecular weight excluding hydrogens is 245 g/mol. The van der Waals surface area contributed by atoms with Crippen molar-refractivity contribution in [3.63, 3.8) is 0 Å². The summed E-state index contributed by atoms with van der Waals surface area (Å²) in [7, 11) is 0. The van der Waals surface area contributed by atoms with E-state index < -0.39 is 6.10 Å². The molecule has 108 valence electrons. The van der Waals surface area contributed by atoms with Crippen LogP contribution in [0.4, 0.5) is 4.39 Å². The zero-order chi connectivity index (χ0) is 14.1. The Morgan fingerprint density at radius 2 is 1.89 bits per heavy atom. The van der Waals surface area contributed by atoms with Gasteiger partial charge in [-0.25, -0.2) is 4.39 Å². The number of halogens is 1. The van der Waals surface area contributed by atoms with E-state index in [4.69, 9.17) is 15.2 Å². The van der Waals surface area contributed by atoms with Crippen LogP contribution in [0.2, 0.25) is 0 Å². The molecule has 19 heavy (non-hydrogen) atoms. The predicted molar refractivity (Wildman–Crippen MR) is 74.5 cm³/mol. The Kier molecular flexibility index (Phi) is 7.63. The molecule has 0 saturated heterocycles. The van der Waals surface area contributed by atoms with Crippen molar-refractivity contribution in [2.75, 3.05) is 19.8 Å². The minimum atomic E-state index is -0.420. The minimum absolute atomic E-state index is 0.219. The average molecular weight is 269 g/mol. The van der Waals surface area contributed by atoms with Gasteiger partial charge in [0.1, 0.15) is 11.9 Å². The maximum absolute atomic E-state index is 13.8. The lowest BCUT2D eigenvalue weighted by molar-refractivity contribution is -0.00911. The Labute approximate surface area is 114 Å². The van der Waals surface area contributed by atoms with Crippen LogP contribution in [-0.2, 0) is 9.47 Å². The molecule has 1 aromatic carbocycles. The fourth-order valence-corrected chi connectivity index (χ4v) is 1.84. The zero-order valence-electron chi connectivity index (χ0n) is 11.8. The van der Waals surface area contributed by atoms with Gasteiger partial charge in [-0.1, -0.05) is 32.0 Å². The Balaban J connectivity index is 2.60. The van der Waals surface area contributed by atoms with Crippen molar-refractivity contribution < 1.29 is 13.9 Å². The van der Waals surface area contributed by atoms with Gasteiger partial charge in [-0.15, -0.1) is 0 Å². The van der Waals surface area contributed by atoms with E-state index >= 15 is 0 Å². The van der Waals surface area contributed by atoms with Gasteiger partial charge in [0.2, 0.25) is 0 Å². The minimum Gasteiger partial charge on any atom is -0.379 e. The molecule has 0 aliphatic heterocycles. The molecule has 2 unspecified atom stereocenters. The maximum Gasteiger partial charge on any atom is 0.129 e. The molecular formula is C15H24FNO2. The van der Waals surface area contributed by atoms with Crippen LogP contribution in [0, 0.1) is 5.82 Å². The SMILES string of the molecule is CCCOCCOC(c1ccccc1F)C(N)CC. The Bertz CT molecular complexity index is 360. The highest BCUT2D eigenvalue weighted by Crippen LogP contribution is 2.24. The lowest BCUT2D eigenvalue weighted by atomic mass is 10.0. The topological polar surface area (TPSA) is 44.5 Å². The maximum atomic E-state index is 13.8. The summed E-state index contributed by atoms with van der Waals surface area (Å²) in [4.78, 5) is 0. The third-order valence-corrected chi connectivity index (χ3v) is 2.95. The average Bonchev–Trinajstić information content (AvgIpc) is 2.43. The largest absolute Gasteiger partial charge is 0.379 e. The van der Waals surface area contributed by atoms with E-state index in [-0.39, 0.29) is 11.9 Å². The zero-order valence-corrected chi connectivity index (χ0v) is 11.8. The lowest BCUT2D eigenvalue weighted by Gasteiger charge is -2.24. The second-order valence-corrected chi connectivity index (χ2v) is 4.50. The monoisotopic (exact) mass is 269 g/mol. The molecule has 0 radical (unpaired) electrons. The molecule has 0 aromatic heterocycles. The van der Waals surface area contributed by atoms with Crippen LogP contribution >= 0.6 is 0 Å². The van der Waals surface area contributed by atoms with Gasteiger partial charge >= 0.3 is 0 Å². The first-order chi connectivity index (χ1) is 9.20. The summed E-state index contributed by atoms with van der Waals surface area (Å²) in [5.41, 5.74) is 6.55. The number of ether oxygens (including phenoxy) is 2. The van der Waals surface area contributed by atoms with Crippen LogP contribution in [0.1, 0.15) is 38.4 Å². The Hall–Kier alpha value is -0.970. The van der Waals surface area contributed by atoms with E-state index in [0.29, 0.717) is 25.4 Å². The first-order valence-electron chi connectivity index (χ1n) is 6.90. The van der Waals surface area contributed by atoms with Crippen molar-refractivity contribution in [2.45, 2.75) is 38.8 Å².